The van der Waals surface area contributed by atoms with Gasteiger partial charge >= 0.3 is 0 Å². The van der Waals surface area contributed by atoms with E-state index in [9.17, 15) is 13.2 Å². The fourth-order valence-electron chi connectivity index (χ4n) is 0.833. The summed E-state index contributed by atoms with van der Waals surface area (Å²) in [5.41, 5.74) is 0. The Balaban J connectivity index is 0. The molecule has 0 saturated carbocycles. The summed E-state index contributed by atoms with van der Waals surface area (Å²) in [5, 5.41) is 2.91. The fraction of sp³-hybridized carbons (Fsp3) is 0.875. The molecule has 0 aliphatic heterocycles. The van der Waals surface area contributed by atoms with Crippen molar-refractivity contribution in [2.24, 2.45) is 0 Å². The molecule has 0 unspecified atom stereocenters. The second-order valence-electron chi connectivity index (χ2n) is 3.44. The highest BCUT2D eigenvalue weighted by molar-refractivity contribution is 7.88. The van der Waals surface area contributed by atoms with Gasteiger partial charge in [-0.3, -0.25) is 4.79 Å². The lowest BCUT2D eigenvalue weighted by Crippen LogP contribution is -2.41. The van der Waals surface area contributed by atoms with Crippen LogP contribution in [0.3, 0.4) is 0 Å². The van der Waals surface area contributed by atoms with E-state index in [1.54, 1.807) is 14.1 Å². The van der Waals surface area contributed by atoms with E-state index in [2.05, 4.69) is 5.32 Å². The summed E-state index contributed by atoms with van der Waals surface area (Å²) in [6.07, 6.45) is 1.08. The number of likely N-dealkylation sites (N-methyl/N-ethyl adjacent to an activating group) is 3. The topological polar surface area (TPSA) is 69.7 Å². The van der Waals surface area contributed by atoms with Crippen molar-refractivity contribution in [1.29, 1.82) is 0 Å². The zero-order valence-corrected chi connectivity index (χ0v) is 11.7. The highest BCUT2D eigenvalue weighted by Gasteiger charge is 2.17. The third-order valence-electron chi connectivity index (χ3n) is 2.05. The predicted molar refractivity (Wildman–Crippen MR) is 66.3 cm³/mol. The Bertz CT molecular complexity index is 308. The van der Waals surface area contributed by atoms with Crippen molar-refractivity contribution in [1.82, 2.24) is 14.5 Å². The second kappa shape index (κ2) is 7.83. The molecule has 6 nitrogen and oxygen atoms in total. The van der Waals surface area contributed by atoms with E-state index in [1.165, 1.54) is 11.9 Å². The molecule has 0 aliphatic carbocycles. The average Bonchev–Trinajstić information content (AvgIpc) is 2.12. The first kappa shape index (κ1) is 18.0. The monoisotopic (exact) mass is 273 g/mol. The Morgan fingerprint density at radius 2 is 1.81 bits per heavy atom. The van der Waals surface area contributed by atoms with Crippen LogP contribution in [0.4, 0.5) is 0 Å². The van der Waals surface area contributed by atoms with Crippen LogP contribution in [0.1, 0.15) is 0 Å². The predicted octanol–water partition coefficient (Wildman–Crippen LogP) is -1.02. The van der Waals surface area contributed by atoms with E-state index in [0.717, 1.165) is 10.6 Å². The Kier molecular flexibility index (Phi) is 8.81. The van der Waals surface area contributed by atoms with Crippen LogP contribution in [0.5, 0.6) is 0 Å². The lowest BCUT2D eigenvalue weighted by atomic mass is 10.5. The first-order chi connectivity index (χ1) is 6.79. The molecule has 0 saturated heterocycles. The number of sulfonamides is 1. The highest BCUT2D eigenvalue weighted by atomic mass is 35.5. The number of nitrogens with zero attached hydrogens (tertiary/aromatic N) is 2. The van der Waals surface area contributed by atoms with E-state index >= 15 is 0 Å². The minimum atomic E-state index is -3.28. The smallest absolute Gasteiger partial charge is 0.237 e. The van der Waals surface area contributed by atoms with Crippen molar-refractivity contribution >= 4 is 28.3 Å². The van der Waals surface area contributed by atoms with Gasteiger partial charge in [0.1, 0.15) is 0 Å². The molecule has 0 radical (unpaired) electrons. The van der Waals surface area contributed by atoms with Gasteiger partial charge in [0, 0.05) is 27.2 Å². The number of carbonyl (C=O) groups is 1. The first-order valence-corrected chi connectivity index (χ1v) is 6.43. The molecule has 0 atom stereocenters. The maximum Gasteiger partial charge on any atom is 0.237 e. The van der Waals surface area contributed by atoms with Gasteiger partial charge in [-0.25, -0.2) is 8.42 Å². The van der Waals surface area contributed by atoms with Gasteiger partial charge in [0.2, 0.25) is 15.9 Å². The number of carbonyl (C=O) groups excluding carboxylic acids is 1. The molecule has 1 N–H and O–H groups in total. The number of hydrogen-bond donors (Lipinski definition) is 1. The molecule has 0 fully saturated rings. The molecule has 98 valence electrons. The number of nitrogens with one attached hydrogen (secondary N) is 1. The molecule has 0 spiro atoms. The van der Waals surface area contributed by atoms with E-state index < -0.39 is 10.0 Å². The molecule has 0 bridgehead atoms. The Morgan fingerprint density at radius 1 is 1.31 bits per heavy atom. The van der Waals surface area contributed by atoms with Crippen molar-refractivity contribution in [2.75, 3.05) is 47.0 Å². The van der Waals surface area contributed by atoms with Crippen LogP contribution in [0.2, 0.25) is 0 Å². The Hall–Kier alpha value is -0.370. The van der Waals surface area contributed by atoms with E-state index in [0.29, 0.717) is 13.1 Å². The maximum absolute atomic E-state index is 11.5. The van der Waals surface area contributed by atoms with Crippen LogP contribution >= 0.6 is 12.4 Å². The molecular formula is C8H20ClN3O3S. The molecule has 0 rings (SSSR count). The van der Waals surface area contributed by atoms with Crippen molar-refractivity contribution in [3.63, 3.8) is 0 Å². The third-order valence-corrected chi connectivity index (χ3v) is 3.31. The number of hydrogen-bond acceptors (Lipinski definition) is 4. The summed E-state index contributed by atoms with van der Waals surface area (Å²) in [7, 11) is 1.55. The van der Waals surface area contributed by atoms with E-state index in [4.69, 9.17) is 0 Å². The Morgan fingerprint density at radius 3 is 2.19 bits per heavy atom. The lowest BCUT2D eigenvalue weighted by Gasteiger charge is -2.20. The molecular weight excluding hydrogens is 254 g/mol. The van der Waals surface area contributed by atoms with Gasteiger partial charge in [-0.2, -0.15) is 4.31 Å². The van der Waals surface area contributed by atoms with Crippen molar-refractivity contribution < 1.29 is 13.2 Å². The van der Waals surface area contributed by atoms with E-state index in [1.807, 2.05) is 0 Å². The quantitative estimate of drug-likeness (QED) is 0.672. The van der Waals surface area contributed by atoms with Gasteiger partial charge in [0.05, 0.1) is 12.8 Å². The van der Waals surface area contributed by atoms with Crippen molar-refractivity contribution in [3.05, 3.63) is 0 Å². The van der Waals surface area contributed by atoms with Gasteiger partial charge in [0.25, 0.3) is 0 Å². The van der Waals surface area contributed by atoms with Crippen molar-refractivity contribution in [3.8, 4) is 0 Å². The van der Waals surface area contributed by atoms with Crippen LogP contribution in [-0.2, 0) is 14.8 Å². The van der Waals surface area contributed by atoms with Gasteiger partial charge in [-0.05, 0) is 7.05 Å². The van der Waals surface area contributed by atoms with Crippen molar-refractivity contribution in [2.45, 2.75) is 0 Å². The van der Waals surface area contributed by atoms with Crippen LogP contribution < -0.4 is 5.32 Å². The van der Waals surface area contributed by atoms with Gasteiger partial charge in [0.15, 0.2) is 0 Å². The standard InChI is InChI=1S/C8H19N3O3S.ClH/c1-9-5-6-10(2)8(12)7-11(3)15(4,13)14;/h9H,5-7H2,1-4H3;1H. The minimum absolute atomic E-state index is 0. The van der Waals surface area contributed by atoms with Crippen LogP contribution in [-0.4, -0.2) is 70.6 Å². The fourth-order valence-corrected chi connectivity index (χ4v) is 1.18. The van der Waals surface area contributed by atoms with Gasteiger partial charge < -0.3 is 10.2 Å². The van der Waals surface area contributed by atoms with Crippen LogP contribution in [0.25, 0.3) is 0 Å². The van der Waals surface area contributed by atoms with Gasteiger partial charge in [-0.1, -0.05) is 0 Å². The third kappa shape index (κ3) is 7.00. The van der Waals surface area contributed by atoms with Crippen LogP contribution in [0.15, 0.2) is 0 Å². The molecule has 0 aromatic carbocycles. The average molecular weight is 274 g/mol. The highest BCUT2D eigenvalue weighted by Crippen LogP contribution is 1.94. The van der Waals surface area contributed by atoms with E-state index in [-0.39, 0.29) is 24.9 Å². The summed E-state index contributed by atoms with van der Waals surface area (Å²) in [6.45, 7) is 1.14. The SMILES string of the molecule is CNCCN(C)C(=O)CN(C)S(C)(=O)=O.Cl. The number of halogens is 1. The summed E-state index contributed by atoms with van der Waals surface area (Å²) < 4.78 is 23.1. The molecule has 16 heavy (non-hydrogen) atoms. The molecule has 0 aromatic heterocycles. The second-order valence-corrected chi connectivity index (χ2v) is 5.53. The largest absolute Gasteiger partial charge is 0.343 e. The molecule has 8 heteroatoms. The van der Waals surface area contributed by atoms with Crippen LogP contribution in [0, 0.1) is 0 Å². The molecule has 0 aliphatic rings. The minimum Gasteiger partial charge on any atom is -0.343 e. The number of amides is 1. The molecule has 0 heterocycles. The van der Waals surface area contributed by atoms with Gasteiger partial charge in [-0.15, -0.1) is 12.4 Å². The molecule has 1 amide bonds. The summed E-state index contributed by atoms with van der Waals surface area (Å²) in [6, 6.07) is 0. The number of rotatable bonds is 6. The zero-order valence-electron chi connectivity index (χ0n) is 10.1. The Labute approximate surface area is 103 Å². The first-order valence-electron chi connectivity index (χ1n) is 4.59. The lowest BCUT2D eigenvalue weighted by molar-refractivity contribution is -0.129. The summed E-state index contributed by atoms with van der Waals surface area (Å²) >= 11 is 0. The summed E-state index contributed by atoms with van der Waals surface area (Å²) in [5.74, 6) is -0.210. The maximum atomic E-state index is 11.5. The zero-order chi connectivity index (χ0) is 12.1. The summed E-state index contributed by atoms with van der Waals surface area (Å²) in [4.78, 5) is 13.0. The normalized spacial score (nSPS) is 11.1. The molecule has 0 aromatic rings.